The van der Waals surface area contributed by atoms with Gasteiger partial charge in [-0.25, -0.2) is 4.79 Å². The predicted octanol–water partition coefficient (Wildman–Crippen LogP) is 2.93. The molecule has 1 aromatic carbocycles. The van der Waals surface area contributed by atoms with E-state index in [0.717, 1.165) is 11.3 Å². The van der Waals surface area contributed by atoms with Crippen LogP contribution in [0.15, 0.2) is 40.8 Å². The van der Waals surface area contributed by atoms with Gasteiger partial charge >= 0.3 is 5.97 Å². The van der Waals surface area contributed by atoms with Crippen molar-refractivity contribution in [1.29, 1.82) is 0 Å². The lowest BCUT2D eigenvalue weighted by Crippen LogP contribution is -2.18. The zero-order chi connectivity index (χ0) is 15.2. The van der Waals surface area contributed by atoms with E-state index in [1.165, 1.54) is 7.11 Å². The van der Waals surface area contributed by atoms with E-state index < -0.39 is 5.97 Å². The number of esters is 1. The molecule has 5 nitrogen and oxygen atoms in total. The number of carbonyl (C=O) groups is 1. The average molecular weight is 289 g/mol. The topological polar surface area (TPSA) is 60.7 Å². The van der Waals surface area contributed by atoms with Crippen LogP contribution in [0.2, 0.25) is 0 Å². The molecule has 2 aromatic rings. The summed E-state index contributed by atoms with van der Waals surface area (Å²) >= 11 is 0. The second-order valence-corrected chi connectivity index (χ2v) is 4.61. The highest BCUT2D eigenvalue weighted by atomic mass is 16.5. The summed E-state index contributed by atoms with van der Waals surface area (Å²) in [5, 5.41) is 3.33. The predicted molar refractivity (Wildman–Crippen MR) is 78.3 cm³/mol. The minimum Gasteiger partial charge on any atom is -0.496 e. The van der Waals surface area contributed by atoms with Crippen molar-refractivity contribution in [3.63, 3.8) is 0 Å². The molecule has 0 radical (unpaired) electrons. The normalized spacial score (nSPS) is 12.0. The fourth-order valence-corrected chi connectivity index (χ4v) is 2.01. The summed E-state index contributed by atoms with van der Waals surface area (Å²) in [6.07, 6.45) is 0. The zero-order valence-electron chi connectivity index (χ0n) is 12.4. The SMILES string of the molecule is COC(=O)c1ccc(C(C)NCc2ccccc2OC)o1. The number of para-hydroxylation sites is 1. The third-order valence-electron chi connectivity index (χ3n) is 3.23. The Kier molecular flexibility index (Phi) is 5.00. The van der Waals surface area contributed by atoms with Crippen LogP contribution < -0.4 is 10.1 Å². The molecule has 0 aliphatic carbocycles. The van der Waals surface area contributed by atoms with Gasteiger partial charge in [0.1, 0.15) is 11.5 Å². The van der Waals surface area contributed by atoms with E-state index in [0.29, 0.717) is 12.3 Å². The summed E-state index contributed by atoms with van der Waals surface area (Å²) in [6.45, 7) is 2.61. The molecule has 5 heteroatoms. The van der Waals surface area contributed by atoms with Crippen molar-refractivity contribution in [2.24, 2.45) is 0 Å². The third kappa shape index (κ3) is 3.64. The standard InChI is InChI=1S/C16H19NO4/c1-11(13-8-9-15(21-13)16(18)20-3)17-10-12-6-4-5-7-14(12)19-2/h4-9,11,17H,10H2,1-3H3. The van der Waals surface area contributed by atoms with E-state index in [-0.39, 0.29) is 11.8 Å². The number of hydrogen-bond acceptors (Lipinski definition) is 5. The van der Waals surface area contributed by atoms with E-state index in [1.807, 2.05) is 31.2 Å². The van der Waals surface area contributed by atoms with Crippen LogP contribution in [-0.4, -0.2) is 20.2 Å². The van der Waals surface area contributed by atoms with Crippen molar-refractivity contribution >= 4 is 5.97 Å². The maximum atomic E-state index is 11.4. The highest BCUT2D eigenvalue weighted by Crippen LogP contribution is 2.20. The van der Waals surface area contributed by atoms with Gasteiger partial charge in [0, 0.05) is 12.1 Å². The molecule has 0 saturated carbocycles. The minimum absolute atomic E-state index is 0.0340. The highest BCUT2D eigenvalue weighted by Gasteiger charge is 2.15. The number of rotatable bonds is 6. The minimum atomic E-state index is -0.474. The summed E-state index contributed by atoms with van der Waals surface area (Å²) in [5.41, 5.74) is 1.06. The first-order chi connectivity index (χ1) is 10.2. The van der Waals surface area contributed by atoms with Crippen LogP contribution in [0.4, 0.5) is 0 Å². The van der Waals surface area contributed by atoms with Gasteiger partial charge in [-0.3, -0.25) is 0 Å². The van der Waals surface area contributed by atoms with E-state index in [1.54, 1.807) is 19.2 Å². The second kappa shape index (κ2) is 6.95. The highest BCUT2D eigenvalue weighted by molar-refractivity contribution is 5.86. The van der Waals surface area contributed by atoms with E-state index in [9.17, 15) is 4.79 Å². The lowest BCUT2D eigenvalue weighted by molar-refractivity contribution is 0.0562. The molecule has 0 bridgehead atoms. The molecule has 1 heterocycles. The first kappa shape index (κ1) is 15.1. The molecule has 112 valence electrons. The number of furan rings is 1. The molecule has 0 saturated heterocycles. The van der Waals surface area contributed by atoms with Crippen LogP contribution in [-0.2, 0) is 11.3 Å². The smallest absolute Gasteiger partial charge is 0.373 e. The first-order valence-corrected chi connectivity index (χ1v) is 6.69. The largest absolute Gasteiger partial charge is 0.496 e. The summed E-state index contributed by atoms with van der Waals surface area (Å²) in [7, 11) is 2.98. The number of benzene rings is 1. The molecule has 0 aliphatic heterocycles. The van der Waals surface area contributed by atoms with Gasteiger partial charge in [-0.1, -0.05) is 18.2 Å². The molecule has 1 N–H and O–H groups in total. The molecular formula is C16H19NO4. The lowest BCUT2D eigenvalue weighted by atomic mass is 10.2. The van der Waals surface area contributed by atoms with E-state index in [4.69, 9.17) is 9.15 Å². The Labute approximate surface area is 123 Å². The molecule has 0 spiro atoms. The maximum absolute atomic E-state index is 11.4. The lowest BCUT2D eigenvalue weighted by Gasteiger charge is -2.13. The fourth-order valence-electron chi connectivity index (χ4n) is 2.01. The van der Waals surface area contributed by atoms with Gasteiger partial charge in [-0.2, -0.15) is 0 Å². The second-order valence-electron chi connectivity index (χ2n) is 4.61. The third-order valence-corrected chi connectivity index (χ3v) is 3.23. The van der Waals surface area contributed by atoms with Crippen LogP contribution in [0.5, 0.6) is 5.75 Å². The Morgan fingerprint density at radius 2 is 2.00 bits per heavy atom. The Morgan fingerprint density at radius 1 is 1.24 bits per heavy atom. The zero-order valence-corrected chi connectivity index (χ0v) is 12.4. The van der Waals surface area contributed by atoms with Gasteiger partial charge in [0.15, 0.2) is 0 Å². The molecule has 2 rings (SSSR count). The molecule has 0 aliphatic rings. The number of hydrogen-bond donors (Lipinski definition) is 1. The summed E-state index contributed by atoms with van der Waals surface area (Å²) in [6, 6.07) is 11.2. The van der Waals surface area contributed by atoms with Gasteiger partial charge in [0.2, 0.25) is 5.76 Å². The molecule has 1 atom stereocenters. The Bertz CT molecular complexity index is 606. The van der Waals surface area contributed by atoms with E-state index in [2.05, 4.69) is 10.1 Å². The van der Waals surface area contributed by atoms with Crippen molar-refractivity contribution in [1.82, 2.24) is 5.32 Å². The van der Waals surface area contributed by atoms with Crippen LogP contribution in [0.25, 0.3) is 0 Å². The summed E-state index contributed by atoms with van der Waals surface area (Å²) < 4.78 is 15.4. The Balaban J connectivity index is 2.00. The van der Waals surface area contributed by atoms with Crippen LogP contribution in [0.1, 0.15) is 34.8 Å². The monoisotopic (exact) mass is 289 g/mol. The first-order valence-electron chi connectivity index (χ1n) is 6.69. The van der Waals surface area contributed by atoms with Crippen molar-refractivity contribution in [2.75, 3.05) is 14.2 Å². The van der Waals surface area contributed by atoms with Crippen molar-refractivity contribution in [3.05, 3.63) is 53.5 Å². The summed E-state index contributed by atoms with van der Waals surface area (Å²) in [5.74, 6) is 1.26. The quantitative estimate of drug-likeness (QED) is 0.828. The Hall–Kier alpha value is -2.27. The van der Waals surface area contributed by atoms with Crippen LogP contribution in [0.3, 0.4) is 0 Å². The number of ether oxygens (including phenoxy) is 2. The molecule has 1 unspecified atom stereocenters. The van der Waals surface area contributed by atoms with Gasteiger partial charge in [-0.05, 0) is 25.1 Å². The van der Waals surface area contributed by atoms with Crippen LogP contribution in [0, 0.1) is 0 Å². The van der Waals surface area contributed by atoms with Gasteiger partial charge in [-0.15, -0.1) is 0 Å². The number of methoxy groups -OCH3 is 2. The molecular weight excluding hydrogens is 270 g/mol. The molecule has 0 fully saturated rings. The number of nitrogens with one attached hydrogen (secondary N) is 1. The maximum Gasteiger partial charge on any atom is 0.373 e. The van der Waals surface area contributed by atoms with Crippen molar-refractivity contribution in [2.45, 2.75) is 19.5 Å². The number of carbonyl (C=O) groups excluding carboxylic acids is 1. The van der Waals surface area contributed by atoms with Crippen LogP contribution >= 0.6 is 0 Å². The molecule has 0 amide bonds. The molecule has 21 heavy (non-hydrogen) atoms. The Morgan fingerprint density at radius 3 is 2.71 bits per heavy atom. The fraction of sp³-hybridized carbons (Fsp3) is 0.312. The average Bonchev–Trinajstić information content (AvgIpc) is 3.02. The summed E-state index contributed by atoms with van der Waals surface area (Å²) in [4.78, 5) is 11.4. The van der Waals surface area contributed by atoms with E-state index >= 15 is 0 Å². The van der Waals surface area contributed by atoms with Gasteiger partial charge in [0.05, 0.1) is 20.3 Å². The van der Waals surface area contributed by atoms with Crippen molar-refractivity contribution < 1.29 is 18.7 Å². The van der Waals surface area contributed by atoms with Gasteiger partial charge in [0.25, 0.3) is 0 Å². The molecule has 1 aromatic heterocycles. The van der Waals surface area contributed by atoms with Crippen molar-refractivity contribution in [3.8, 4) is 5.75 Å². The van der Waals surface area contributed by atoms with Gasteiger partial charge < -0.3 is 19.2 Å².